The molecule has 2 unspecified atom stereocenters. The van der Waals surface area contributed by atoms with Crippen molar-refractivity contribution in [3.63, 3.8) is 0 Å². The van der Waals surface area contributed by atoms with Gasteiger partial charge in [0.1, 0.15) is 5.82 Å². The zero-order chi connectivity index (χ0) is 11.7. The lowest BCUT2D eigenvalue weighted by Crippen LogP contribution is -2.10. The second-order valence-corrected chi connectivity index (χ2v) is 4.12. The van der Waals surface area contributed by atoms with E-state index in [0.717, 1.165) is 12.8 Å². The van der Waals surface area contributed by atoms with Crippen molar-refractivity contribution >= 4 is 17.5 Å². The number of pyridine rings is 1. The van der Waals surface area contributed by atoms with Gasteiger partial charge in [-0.05, 0) is 18.4 Å². The Morgan fingerprint density at radius 2 is 2.50 bits per heavy atom. The molecule has 1 fully saturated rings. The van der Waals surface area contributed by atoms with Crippen LogP contribution in [0, 0.1) is 5.92 Å². The standard InChI is InChI=1S/C11H15N3O2/c1-2-6-4-9(6)14-10-8(12)3-7(5-13-10)11(15)16/h3,5-6,9H,2,4,12H2,1H3,(H,13,14)(H,15,16). The summed E-state index contributed by atoms with van der Waals surface area (Å²) in [7, 11) is 0. The van der Waals surface area contributed by atoms with Gasteiger partial charge in [-0.3, -0.25) is 0 Å². The molecule has 2 atom stereocenters. The number of aromatic nitrogens is 1. The summed E-state index contributed by atoms with van der Waals surface area (Å²) in [5.41, 5.74) is 6.24. The van der Waals surface area contributed by atoms with Gasteiger partial charge in [0, 0.05) is 12.2 Å². The topological polar surface area (TPSA) is 88.2 Å². The average Bonchev–Trinajstić information content (AvgIpc) is 2.99. The molecule has 5 heteroatoms. The third kappa shape index (κ3) is 2.08. The predicted octanol–water partition coefficient (Wildman–Crippen LogP) is 1.57. The quantitative estimate of drug-likeness (QED) is 0.718. The van der Waals surface area contributed by atoms with E-state index in [1.165, 1.54) is 12.3 Å². The van der Waals surface area contributed by atoms with Crippen LogP contribution in [-0.2, 0) is 0 Å². The number of nitrogens with zero attached hydrogens (tertiary/aromatic N) is 1. The summed E-state index contributed by atoms with van der Waals surface area (Å²) in [5.74, 6) is 0.273. The Kier molecular flexibility index (Phi) is 2.68. The first-order valence-corrected chi connectivity index (χ1v) is 5.37. The molecule has 0 saturated heterocycles. The highest BCUT2D eigenvalue weighted by Gasteiger charge is 2.35. The Labute approximate surface area is 93.7 Å². The van der Waals surface area contributed by atoms with E-state index >= 15 is 0 Å². The van der Waals surface area contributed by atoms with Crippen molar-refractivity contribution in [3.05, 3.63) is 17.8 Å². The molecule has 16 heavy (non-hydrogen) atoms. The van der Waals surface area contributed by atoms with Crippen molar-refractivity contribution in [2.75, 3.05) is 11.1 Å². The van der Waals surface area contributed by atoms with E-state index in [9.17, 15) is 4.79 Å². The first-order chi connectivity index (χ1) is 7.61. The van der Waals surface area contributed by atoms with Gasteiger partial charge in [-0.25, -0.2) is 9.78 Å². The maximum absolute atomic E-state index is 10.7. The Morgan fingerprint density at radius 1 is 1.75 bits per heavy atom. The van der Waals surface area contributed by atoms with Gasteiger partial charge in [0.05, 0.1) is 11.3 Å². The van der Waals surface area contributed by atoms with Crippen molar-refractivity contribution in [1.29, 1.82) is 0 Å². The third-order valence-electron chi connectivity index (χ3n) is 2.93. The monoisotopic (exact) mass is 221 g/mol. The van der Waals surface area contributed by atoms with Gasteiger partial charge in [-0.1, -0.05) is 13.3 Å². The molecule has 1 aromatic heterocycles. The molecule has 0 bridgehead atoms. The molecule has 86 valence electrons. The maximum atomic E-state index is 10.7. The number of carboxylic acids is 1. The van der Waals surface area contributed by atoms with E-state index in [1.807, 2.05) is 0 Å². The number of nitrogens with two attached hydrogens (primary N) is 1. The molecular weight excluding hydrogens is 206 g/mol. The minimum Gasteiger partial charge on any atom is -0.478 e. The highest BCUT2D eigenvalue weighted by Crippen LogP contribution is 2.36. The van der Waals surface area contributed by atoms with Crippen LogP contribution < -0.4 is 11.1 Å². The van der Waals surface area contributed by atoms with E-state index in [2.05, 4.69) is 17.2 Å². The molecule has 1 aliphatic rings. The molecule has 4 N–H and O–H groups in total. The van der Waals surface area contributed by atoms with Crippen molar-refractivity contribution in [3.8, 4) is 0 Å². The number of anilines is 2. The van der Waals surface area contributed by atoms with Crippen LogP contribution in [0.15, 0.2) is 12.3 Å². The Bertz CT molecular complexity index is 420. The number of nitrogens with one attached hydrogen (secondary N) is 1. The van der Waals surface area contributed by atoms with Gasteiger partial charge in [0.25, 0.3) is 0 Å². The van der Waals surface area contributed by atoms with E-state index in [1.54, 1.807) is 0 Å². The predicted molar refractivity (Wildman–Crippen MR) is 61.4 cm³/mol. The highest BCUT2D eigenvalue weighted by atomic mass is 16.4. The largest absolute Gasteiger partial charge is 0.478 e. The van der Waals surface area contributed by atoms with Crippen LogP contribution in [-0.4, -0.2) is 22.1 Å². The van der Waals surface area contributed by atoms with Gasteiger partial charge in [0.15, 0.2) is 0 Å². The lowest BCUT2D eigenvalue weighted by atomic mass is 10.2. The van der Waals surface area contributed by atoms with Crippen LogP contribution in [0.5, 0.6) is 0 Å². The molecule has 0 spiro atoms. The molecule has 1 aromatic rings. The molecule has 5 nitrogen and oxygen atoms in total. The smallest absolute Gasteiger partial charge is 0.337 e. The maximum Gasteiger partial charge on any atom is 0.337 e. The van der Waals surface area contributed by atoms with E-state index in [4.69, 9.17) is 10.8 Å². The van der Waals surface area contributed by atoms with Crippen LogP contribution in [0.1, 0.15) is 30.1 Å². The molecule has 2 rings (SSSR count). The van der Waals surface area contributed by atoms with E-state index in [0.29, 0.717) is 23.5 Å². The summed E-state index contributed by atoms with van der Waals surface area (Å²) in [6, 6.07) is 1.87. The normalized spacial score (nSPS) is 22.8. The fraction of sp³-hybridized carbons (Fsp3) is 0.455. The number of nitrogen functional groups attached to an aromatic ring is 1. The molecule has 0 amide bonds. The van der Waals surface area contributed by atoms with Gasteiger partial charge >= 0.3 is 5.97 Å². The number of carboxylic acid groups (broad SMARTS) is 1. The van der Waals surface area contributed by atoms with Crippen molar-refractivity contribution in [1.82, 2.24) is 4.98 Å². The Balaban J connectivity index is 2.08. The SMILES string of the molecule is CCC1CC1Nc1ncc(C(=O)O)cc1N. The fourth-order valence-corrected chi connectivity index (χ4v) is 1.77. The summed E-state index contributed by atoms with van der Waals surface area (Å²) in [5, 5.41) is 12.0. The summed E-state index contributed by atoms with van der Waals surface area (Å²) >= 11 is 0. The fourth-order valence-electron chi connectivity index (χ4n) is 1.77. The summed E-state index contributed by atoms with van der Waals surface area (Å²) in [4.78, 5) is 14.7. The lowest BCUT2D eigenvalue weighted by molar-refractivity contribution is 0.0696. The number of rotatable bonds is 4. The molecular formula is C11H15N3O2. The van der Waals surface area contributed by atoms with E-state index < -0.39 is 5.97 Å². The summed E-state index contributed by atoms with van der Waals surface area (Å²) < 4.78 is 0. The van der Waals surface area contributed by atoms with E-state index in [-0.39, 0.29) is 5.56 Å². The van der Waals surface area contributed by atoms with Gasteiger partial charge in [0.2, 0.25) is 0 Å². The zero-order valence-electron chi connectivity index (χ0n) is 9.10. The molecule has 0 aromatic carbocycles. The molecule has 1 aliphatic carbocycles. The molecule has 1 heterocycles. The van der Waals surface area contributed by atoms with Crippen molar-refractivity contribution < 1.29 is 9.90 Å². The number of aromatic carboxylic acids is 1. The van der Waals surface area contributed by atoms with Crippen LogP contribution in [0.3, 0.4) is 0 Å². The molecule has 0 radical (unpaired) electrons. The number of carbonyl (C=O) groups is 1. The second kappa shape index (κ2) is 4.00. The second-order valence-electron chi connectivity index (χ2n) is 4.12. The molecule has 1 saturated carbocycles. The minimum atomic E-state index is -1.01. The van der Waals surface area contributed by atoms with Gasteiger partial charge in [-0.15, -0.1) is 0 Å². The minimum absolute atomic E-state index is 0.117. The number of hydrogen-bond donors (Lipinski definition) is 3. The van der Waals surface area contributed by atoms with Crippen LogP contribution in [0.25, 0.3) is 0 Å². The first kappa shape index (κ1) is 10.7. The van der Waals surface area contributed by atoms with Gasteiger partial charge < -0.3 is 16.2 Å². The van der Waals surface area contributed by atoms with Crippen LogP contribution >= 0.6 is 0 Å². The average molecular weight is 221 g/mol. The summed E-state index contributed by atoms with van der Waals surface area (Å²) in [6.07, 6.45) is 3.60. The molecule has 0 aliphatic heterocycles. The third-order valence-corrected chi connectivity index (χ3v) is 2.93. The Morgan fingerprint density at radius 3 is 3.00 bits per heavy atom. The van der Waals surface area contributed by atoms with Crippen molar-refractivity contribution in [2.45, 2.75) is 25.8 Å². The van der Waals surface area contributed by atoms with Crippen molar-refractivity contribution in [2.24, 2.45) is 5.92 Å². The van der Waals surface area contributed by atoms with Crippen LogP contribution in [0.2, 0.25) is 0 Å². The lowest BCUT2D eigenvalue weighted by Gasteiger charge is -2.08. The zero-order valence-corrected chi connectivity index (χ0v) is 9.10. The highest BCUT2D eigenvalue weighted by molar-refractivity contribution is 5.89. The van der Waals surface area contributed by atoms with Crippen LogP contribution in [0.4, 0.5) is 11.5 Å². The Hall–Kier alpha value is -1.78. The number of hydrogen-bond acceptors (Lipinski definition) is 4. The first-order valence-electron chi connectivity index (χ1n) is 5.37. The van der Waals surface area contributed by atoms with Gasteiger partial charge in [-0.2, -0.15) is 0 Å². The summed E-state index contributed by atoms with van der Waals surface area (Å²) in [6.45, 7) is 2.15.